The third-order valence-electron chi connectivity index (χ3n) is 4.62. The molecule has 0 aliphatic rings. The Kier molecular flexibility index (Phi) is 4.91. The second kappa shape index (κ2) is 7.82. The Balaban J connectivity index is 1.48. The monoisotopic (exact) mass is 382 g/mol. The lowest BCUT2D eigenvalue weighted by atomic mass is 9.99. The number of nitrogens with zero attached hydrogens (tertiary/aromatic N) is 4. The fraction of sp³-hybridized carbons (Fsp3) is 0.0909. The topological polar surface area (TPSA) is 104 Å². The zero-order valence-electron chi connectivity index (χ0n) is 15.8. The molecule has 0 radical (unpaired) electrons. The van der Waals surface area contributed by atoms with Crippen molar-refractivity contribution in [1.29, 1.82) is 5.26 Å². The van der Waals surface area contributed by atoms with Gasteiger partial charge >= 0.3 is 0 Å². The molecule has 0 aliphatic heterocycles. The highest BCUT2D eigenvalue weighted by atomic mass is 16.5. The van der Waals surface area contributed by atoms with Gasteiger partial charge in [-0.2, -0.15) is 15.1 Å². The van der Waals surface area contributed by atoms with Crippen molar-refractivity contribution in [2.24, 2.45) is 0 Å². The van der Waals surface area contributed by atoms with E-state index in [2.05, 4.69) is 26.6 Å². The van der Waals surface area contributed by atoms with Crippen LogP contribution in [0.4, 0.5) is 5.82 Å². The summed E-state index contributed by atoms with van der Waals surface area (Å²) in [6, 6.07) is 17.2. The first-order valence-corrected chi connectivity index (χ1v) is 9.07. The number of aryl methyl sites for hydroxylation is 1. The summed E-state index contributed by atoms with van der Waals surface area (Å²) in [4.78, 5) is 4.38. The van der Waals surface area contributed by atoms with E-state index in [4.69, 9.17) is 5.26 Å². The molecule has 142 valence electrons. The summed E-state index contributed by atoms with van der Waals surface area (Å²) in [6.07, 6.45) is 4.66. The molecule has 0 aliphatic carbocycles. The summed E-state index contributed by atoms with van der Waals surface area (Å²) in [7, 11) is 0. The predicted molar refractivity (Wildman–Crippen MR) is 109 cm³/mol. The van der Waals surface area contributed by atoms with Gasteiger partial charge in [0.2, 0.25) is 0 Å². The third-order valence-corrected chi connectivity index (χ3v) is 4.62. The predicted octanol–water partition coefficient (Wildman–Crippen LogP) is 3.56. The van der Waals surface area contributed by atoms with Crippen molar-refractivity contribution < 1.29 is 4.73 Å². The second-order valence-corrected chi connectivity index (χ2v) is 6.64. The van der Waals surface area contributed by atoms with E-state index < -0.39 is 0 Å². The van der Waals surface area contributed by atoms with Crippen LogP contribution in [0.15, 0.2) is 67.1 Å². The molecule has 0 unspecified atom stereocenters. The lowest BCUT2D eigenvalue weighted by Crippen LogP contribution is -2.23. The van der Waals surface area contributed by atoms with Crippen LogP contribution in [0.2, 0.25) is 0 Å². The molecule has 0 atom stereocenters. The van der Waals surface area contributed by atoms with Crippen LogP contribution in [0.5, 0.6) is 0 Å². The number of pyridine rings is 2. The number of aromatic amines is 1. The molecule has 3 heterocycles. The number of H-pyrrole nitrogens is 1. The standard InChI is InChI=1S/C22H18N6O/c1-15-10-16(13-23)2-3-20(15)18-4-7-24-22(11-18)25-14-19-12-21(27-26-19)17-5-8-28(29)9-6-17/h2-12H,14H2,1H3,(H,24,25)(H,26,27). The van der Waals surface area contributed by atoms with Crippen LogP contribution >= 0.6 is 0 Å². The number of nitriles is 1. The van der Waals surface area contributed by atoms with Gasteiger partial charge in [0.25, 0.3) is 0 Å². The van der Waals surface area contributed by atoms with Crippen LogP contribution < -0.4 is 10.0 Å². The lowest BCUT2D eigenvalue weighted by Gasteiger charge is -2.09. The molecule has 3 aromatic heterocycles. The molecule has 29 heavy (non-hydrogen) atoms. The van der Waals surface area contributed by atoms with Gasteiger partial charge in [0.1, 0.15) is 5.82 Å². The van der Waals surface area contributed by atoms with E-state index >= 15 is 0 Å². The molecule has 0 spiro atoms. The van der Waals surface area contributed by atoms with Gasteiger partial charge in [0.05, 0.1) is 29.6 Å². The molecule has 4 rings (SSSR count). The van der Waals surface area contributed by atoms with Crippen molar-refractivity contribution in [1.82, 2.24) is 15.2 Å². The fourth-order valence-electron chi connectivity index (χ4n) is 3.13. The smallest absolute Gasteiger partial charge is 0.181 e. The van der Waals surface area contributed by atoms with Gasteiger partial charge in [-0.25, -0.2) is 4.98 Å². The van der Waals surface area contributed by atoms with Crippen molar-refractivity contribution in [3.63, 3.8) is 0 Å². The van der Waals surface area contributed by atoms with Crippen molar-refractivity contribution in [3.05, 3.63) is 89.1 Å². The summed E-state index contributed by atoms with van der Waals surface area (Å²) in [5.41, 5.74) is 6.36. The Bertz CT molecular complexity index is 1190. The quantitative estimate of drug-likeness (QED) is 0.406. The van der Waals surface area contributed by atoms with Gasteiger partial charge in [-0.1, -0.05) is 6.07 Å². The zero-order chi connectivity index (χ0) is 20.2. The summed E-state index contributed by atoms with van der Waals surface area (Å²) in [5, 5.41) is 30.8. The van der Waals surface area contributed by atoms with Gasteiger partial charge in [-0.3, -0.25) is 5.10 Å². The Hall–Kier alpha value is -4.18. The van der Waals surface area contributed by atoms with Gasteiger partial charge in [-0.15, -0.1) is 0 Å². The average Bonchev–Trinajstić information content (AvgIpc) is 3.22. The number of rotatable bonds is 5. The van der Waals surface area contributed by atoms with E-state index in [0.717, 1.165) is 44.2 Å². The molecule has 0 saturated heterocycles. The summed E-state index contributed by atoms with van der Waals surface area (Å²) < 4.78 is 0.747. The Morgan fingerprint density at radius 2 is 1.93 bits per heavy atom. The number of aromatic nitrogens is 4. The molecular weight excluding hydrogens is 364 g/mol. The van der Waals surface area contributed by atoms with Gasteiger partial charge in [0, 0.05) is 23.9 Å². The number of hydrogen-bond acceptors (Lipinski definition) is 5. The fourth-order valence-corrected chi connectivity index (χ4v) is 3.13. The Morgan fingerprint density at radius 1 is 1.10 bits per heavy atom. The molecule has 0 fully saturated rings. The molecule has 7 heteroatoms. The largest absolute Gasteiger partial charge is 0.619 e. The summed E-state index contributed by atoms with van der Waals surface area (Å²) in [6.45, 7) is 2.50. The molecule has 1 aromatic carbocycles. The van der Waals surface area contributed by atoms with Crippen LogP contribution in [0.1, 0.15) is 16.8 Å². The maximum Gasteiger partial charge on any atom is 0.181 e. The minimum atomic E-state index is 0.508. The van der Waals surface area contributed by atoms with E-state index in [1.807, 2.05) is 43.3 Å². The molecule has 0 saturated carbocycles. The SMILES string of the molecule is Cc1cc(C#N)ccc1-c1ccnc(NCc2cc(-c3cc[n+]([O-])cc3)[nH]n2)c1. The van der Waals surface area contributed by atoms with Crippen molar-refractivity contribution >= 4 is 5.82 Å². The zero-order valence-corrected chi connectivity index (χ0v) is 15.8. The molecule has 0 bridgehead atoms. The second-order valence-electron chi connectivity index (χ2n) is 6.64. The van der Waals surface area contributed by atoms with Crippen LogP contribution in [0.25, 0.3) is 22.4 Å². The third kappa shape index (κ3) is 4.06. The lowest BCUT2D eigenvalue weighted by molar-refractivity contribution is -0.605. The van der Waals surface area contributed by atoms with Crippen LogP contribution in [0.3, 0.4) is 0 Å². The minimum absolute atomic E-state index is 0.508. The van der Waals surface area contributed by atoms with Crippen molar-refractivity contribution in [3.8, 4) is 28.5 Å². The molecular formula is C22H18N6O. The van der Waals surface area contributed by atoms with Gasteiger partial charge in [0.15, 0.2) is 12.4 Å². The highest BCUT2D eigenvalue weighted by molar-refractivity contribution is 5.70. The molecule has 0 amide bonds. The van der Waals surface area contributed by atoms with Crippen molar-refractivity contribution in [2.45, 2.75) is 13.5 Å². The number of benzene rings is 1. The van der Waals surface area contributed by atoms with Crippen LogP contribution in [0, 0.1) is 23.5 Å². The minimum Gasteiger partial charge on any atom is -0.619 e. The Morgan fingerprint density at radius 3 is 2.69 bits per heavy atom. The van der Waals surface area contributed by atoms with E-state index in [-0.39, 0.29) is 0 Å². The van der Waals surface area contributed by atoms with Crippen LogP contribution in [-0.2, 0) is 6.54 Å². The first kappa shape index (κ1) is 18.2. The highest BCUT2D eigenvalue weighted by Gasteiger charge is 2.07. The maximum atomic E-state index is 11.2. The molecule has 7 nitrogen and oxygen atoms in total. The summed E-state index contributed by atoms with van der Waals surface area (Å²) >= 11 is 0. The average molecular weight is 382 g/mol. The van der Waals surface area contributed by atoms with Gasteiger partial charge < -0.3 is 10.5 Å². The van der Waals surface area contributed by atoms with E-state index in [1.165, 1.54) is 12.4 Å². The number of anilines is 1. The van der Waals surface area contributed by atoms with Crippen LogP contribution in [-0.4, -0.2) is 15.2 Å². The Labute approximate surface area is 167 Å². The van der Waals surface area contributed by atoms with Crippen molar-refractivity contribution in [2.75, 3.05) is 5.32 Å². The van der Waals surface area contributed by atoms with E-state index in [9.17, 15) is 5.21 Å². The normalized spacial score (nSPS) is 10.5. The first-order valence-electron chi connectivity index (χ1n) is 9.07. The van der Waals surface area contributed by atoms with E-state index in [1.54, 1.807) is 18.3 Å². The number of hydrogen-bond donors (Lipinski definition) is 2. The number of nitrogens with one attached hydrogen (secondary N) is 2. The molecule has 2 N–H and O–H groups in total. The summed E-state index contributed by atoms with van der Waals surface area (Å²) in [5.74, 6) is 0.739. The first-order chi connectivity index (χ1) is 14.1. The molecule has 4 aromatic rings. The van der Waals surface area contributed by atoms with Gasteiger partial charge in [-0.05, 0) is 53.9 Å². The maximum absolute atomic E-state index is 11.2. The highest BCUT2D eigenvalue weighted by Crippen LogP contribution is 2.26. The van der Waals surface area contributed by atoms with E-state index in [0.29, 0.717) is 12.1 Å².